The fourth-order valence-corrected chi connectivity index (χ4v) is 2.23. The molecule has 8 heteroatoms. The van der Waals surface area contributed by atoms with Crippen molar-refractivity contribution < 1.29 is 9.53 Å². The van der Waals surface area contributed by atoms with Crippen molar-refractivity contribution in [3.8, 4) is 0 Å². The number of nitrogens with zero attached hydrogens (tertiary/aromatic N) is 3. The van der Waals surface area contributed by atoms with Gasteiger partial charge in [0.2, 0.25) is 5.91 Å². The number of nitrogens with one attached hydrogen (secondary N) is 1. The molecule has 1 fully saturated rings. The molecule has 1 aromatic heterocycles. The zero-order valence-corrected chi connectivity index (χ0v) is 10.7. The predicted molar refractivity (Wildman–Crippen MR) is 68.1 cm³/mol. The number of rotatable bonds is 4. The molecule has 0 unspecified atom stereocenters. The lowest BCUT2D eigenvalue weighted by atomic mass is 10.4. The zero-order valence-electron chi connectivity index (χ0n) is 9.83. The molecule has 0 aliphatic carbocycles. The van der Waals surface area contributed by atoms with Gasteiger partial charge in [0.25, 0.3) is 0 Å². The highest BCUT2D eigenvalue weighted by Crippen LogP contribution is 2.19. The van der Waals surface area contributed by atoms with E-state index >= 15 is 0 Å². The Morgan fingerprint density at radius 2 is 2.28 bits per heavy atom. The topological polar surface area (TPSA) is 93.4 Å². The lowest BCUT2D eigenvalue weighted by Crippen LogP contribution is -2.36. The van der Waals surface area contributed by atoms with Crippen LogP contribution in [-0.2, 0) is 9.53 Å². The van der Waals surface area contributed by atoms with E-state index in [0.717, 1.165) is 23.9 Å². The van der Waals surface area contributed by atoms with Gasteiger partial charge in [-0.15, -0.1) is 0 Å². The molecule has 1 aromatic rings. The standard InChI is InChI=1S/C10H15N5O2S/c11-14-9(16)6-18-10-5-8(12-7-13-10)15-1-3-17-4-2-15/h5,7H,1-4,6,11H2,(H,14,16). The van der Waals surface area contributed by atoms with Crippen molar-refractivity contribution >= 4 is 23.5 Å². The fourth-order valence-electron chi connectivity index (χ4n) is 1.56. The molecule has 0 bridgehead atoms. The molecule has 0 aromatic carbocycles. The summed E-state index contributed by atoms with van der Waals surface area (Å²) < 4.78 is 5.29. The molecule has 18 heavy (non-hydrogen) atoms. The second-order valence-electron chi connectivity index (χ2n) is 3.67. The van der Waals surface area contributed by atoms with Crippen LogP contribution in [0.1, 0.15) is 0 Å². The number of nitrogens with two attached hydrogens (primary N) is 1. The smallest absolute Gasteiger partial charge is 0.244 e. The lowest BCUT2D eigenvalue weighted by molar-refractivity contribution is -0.118. The second-order valence-corrected chi connectivity index (χ2v) is 4.67. The number of hydrogen-bond donors (Lipinski definition) is 2. The van der Waals surface area contributed by atoms with Gasteiger partial charge in [-0.25, -0.2) is 15.8 Å². The Kier molecular flexibility index (Phi) is 4.73. The zero-order chi connectivity index (χ0) is 12.8. The molecular weight excluding hydrogens is 254 g/mol. The van der Waals surface area contributed by atoms with Crippen LogP contribution in [0.2, 0.25) is 0 Å². The van der Waals surface area contributed by atoms with Crippen LogP contribution in [0.25, 0.3) is 0 Å². The van der Waals surface area contributed by atoms with Crippen LogP contribution in [0.15, 0.2) is 17.4 Å². The van der Waals surface area contributed by atoms with Crippen LogP contribution < -0.4 is 16.2 Å². The van der Waals surface area contributed by atoms with E-state index in [1.165, 1.54) is 18.1 Å². The average Bonchev–Trinajstić information content (AvgIpc) is 2.46. The maximum Gasteiger partial charge on any atom is 0.244 e. The van der Waals surface area contributed by atoms with E-state index in [0.29, 0.717) is 13.2 Å². The highest BCUT2D eigenvalue weighted by molar-refractivity contribution is 7.99. The number of amides is 1. The summed E-state index contributed by atoms with van der Waals surface area (Å²) in [6.45, 7) is 3.07. The van der Waals surface area contributed by atoms with Crippen LogP contribution >= 0.6 is 11.8 Å². The Bertz CT molecular complexity index is 411. The van der Waals surface area contributed by atoms with Gasteiger partial charge in [0, 0.05) is 19.2 Å². The summed E-state index contributed by atoms with van der Waals surface area (Å²) in [5.74, 6) is 5.90. The first-order valence-electron chi connectivity index (χ1n) is 5.56. The number of hydrogen-bond acceptors (Lipinski definition) is 7. The van der Waals surface area contributed by atoms with E-state index in [2.05, 4.69) is 20.3 Å². The van der Waals surface area contributed by atoms with Gasteiger partial charge >= 0.3 is 0 Å². The Balaban J connectivity index is 1.98. The molecular formula is C10H15N5O2S. The number of thioether (sulfide) groups is 1. The summed E-state index contributed by atoms with van der Waals surface area (Å²) in [4.78, 5) is 21.5. The summed E-state index contributed by atoms with van der Waals surface area (Å²) >= 11 is 1.33. The second kappa shape index (κ2) is 6.53. The largest absolute Gasteiger partial charge is 0.378 e. The van der Waals surface area contributed by atoms with Crippen LogP contribution in [0.4, 0.5) is 5.82 Å². The molecule has 1 amide bonds. The minimum atomic E-state index is -0.230. The van der Waals surface area contributed by atoms with Gasteiger partial charge in [0.05, 0.1) is 19.0 Å². The van der Waals surface area contributed by atoms with E-state index in [-0.39, 0.29) is 11.7 Å². The van der Waals surface area contributed by atoms with Gasteiger partial charge in [0.15, 0.2) is 0 Å². The maximum absolute atomic E-state index is 11.0. The third-order valence-electron chi connectivity index (χ3n) is 2.47. The molecule has 0 atom stereocenters. The van der Waals surface area contributed by atoms with Crippen LogP contribution in [0, 0.1) is 0 Å². The summed E-state index contributed by atoms with van der Waals surface area (Å²) in [6.07, 6.45) is 1.51. The van der Waals surface area contributed by atoms with Crippen LogP contribution in [-0.4, -0.2) is 47.9 Å². The summed E-state index contributed by atoms with van der Waals surface area (Å²) in [5.41, 5.74) is 2.08. The van der Waals surface area contributed by atoms with Crippen molar-refractivity contribution in [2.45, 2.75) is 5.03 Å². The van der Waals surface area contributed by atoms with E-state index in [1.807, 2.05) is 6.07 Å². The number of anilines is 1. The van der Waals surface area contributed by atoms with Gasteiger partial charge < -0.3 is 9.64 Å². The number of ether oxygens (including phenoxy) is 1. The molecule has 1 aliphatic heterocycles. The molecule has 7 nitrogen and oxygen atoms in total. The molecule has 1 saturated heterocycles. The molecule has 98 valence electrons. The normalized spacial score (nSPS) is 15.5. The van der Waals surface area contributed by atoms with Gasteiger partial charge in [-0.05, 0) is 0 Å². The number of carbonyl (C=O) groups is 1. The average molecular weight is 269 g/mol. The maximum atomic E-state index is 11.0. The molecule has 2 rings (SSSR count). The molecule has 1 aliphatic rings. The summed E-state index contributed by atoms with van der Waals surface area (Å²) in [6, 6.07) is 1.87. The third kappa shape index (κ3) is 3.56. The first kappa shape index (κ1) is 13.1. The summed E-state index contributed by atoms with van der Waals surface area (Å²) in [5, 5.41) is 0.759. The third-order valence-corrected chi connectivity index (χ3v) is 3.40. The van der Waals surface area contributed by atoms with Crippen molar-refractivity contribution in [2.24, 2.45) is 5.84 Å². The van der Waals surface area contributed by atoms with Crippen LogP contribution in [0.3, 0.4) is 0 Å². The number of carbonyl (C=O) groups excluding carboxylic acids is 1. The summed E-state index contributed by atoms with van der Waals surface area (Å²) in [7, 11) is 0. The molecule has 0 saturated carbocycles. The van der Waals surface area contributed by atoms with Gasteiger partial charge in [-0.2, -0.15) is 0 Å². The Morgan fingerprint density at radius 1 is 1.50 bits per heavy atom. The monoisotopic (exact) mass is 269 g/mol. The van der Waals surface area contributed by atoms with Crippen molar-refractivity contribution in [3.63, 3.8) is 0 Å². The molecule has 0 spiro atoms. The van der Waals surface area contributed by atoms with Crippen molar-refractivity contribution in [3.05, 3.63) is 12.4 Å². The Morgan fingerprint density at radius 3 is 3.00 bits per heavy atom. The lowest BCUT2D eigenvalue weighted by Gasteiger charge is -2.27. The number of morpholine rings is 1. The van der Waals surface area contributed by atoms with E-state index in [4.69, 9.17) is 10.6 Å². The number of hydrazine groups is 1. The van der Waals surface area contributed by atoms with Crippen molar-refractivity contribution in [2.75, 3.05) is 37.0 Å². The highest BCUT2D eigenvalue weighted by Gasteiger charge is 2.13. The van der Waals surface area contributed by atoms with Crippen molar-refractivity contribution in [1.82, 2.24) is 15.4 Å². The molecule has 0 radical (unpaired) electrons. The minimum Gasteiger partial charge on any atom is -0.378 e. The van der Waals surface area contributed by atoms with Gasteiger partial charge in [-0.1, -0.05) is 11.8 Å². The van der Waals surface area contributed by atoms with Gasteiger partial charge in [0.1, 0.15) is 17.2 Å². The van der Waals surface area contributed by atoms with Gasteiger partial charge in [-0.3, -0.25) is 10.2 Å². The molecule has 3 N–H and O–H groups in total. The van der Waals surface area contributed by atoms with Crippen LogP contribution in [0.5, 0.6) is 0 Å². The molecule has 2 heterocycles. The van der Waals surface area contributed by atoms with Crippen molar-refractivity contribution in [1.29, 1.82) is 0 Å². The van der Waals surface area contributed by atoms with E-state index in [9.17, 15) is 4.79 Å². The highest BCUT2D eigenvalue weighted by atomic mass is 32.2. The SMILES string of the molecule is NNC(=O)CSc1cc(N2CCOCC2)ncn1. The van der Waals surface area contributed by atoms with E-state index < -0.39 is 0 Å². The number of aromatic nitrogens is 2. The fraction of sp³-hybridized carbons (Fsp3) is 0.500. The Labute approximate surface area is 109 Å². The Hall–Kier alpha value is -1.38. The quantitative estimate of drug-likeness (QED) is 0.248. The minimum absolute atomic E-state index is 0.230. The van der Waals surface area contributed by atoms with E-state index in [1.54, 1.807) is 0 Å². The first-order valence-corrected chi connectivity index (χ1v) is 6.55. The first-order chi connectivity index (χ1) is 8.79. The predicted octanol–water partition coefficient (Wildman–Crippen LogP) is -0.605.